The number of benzene rings is 1. The fourth-order valence-corrected chi connectivity index (χ4v) is 3.09. The van der Waals surface area contributed by atoms with Crippen LogP contribution in [-0.2, 0) is 9.31 Å². The largest absolute Gasteiger partial charge is 0.494 e. The maximum absolute atomic E-state index is 6.11. The Morgan fingerprint density at radius 1 is 1.08 bits per heavy atom. The van der Waals surface area contributed by atoms with Crippen LogP contribution in [0.5, 0.6) is 0 Å². The first-order valence-electron chi connectivity index (χ1n) is 8.77. The van der Waals surface area contributed by atoms with E-state index in [0.717, 1.165) is 29.1 Å². The molecule has 2 aromatic rings. The molecule has 2 aliphatic heterocycles. The molecule has 1 unspecified atom stereocenters. The predicted molar refractivity (Wildman–Crippen MR) is 99.6 cm³/mol. The second-order valence-corrected chi connectivity index (χ2v) is 7.70. The number of H-pyrrole nitrogens is 1. The van der Waals surface area contributed by atoms with Crippen molar-refractivity contribution in [3.63, 3.8) is 0 Å². The van der Waals surface area contributed by atoms with Crippen LogP contribution >= 0.6 is 0 Å². The van der Waals surface area contributed by atoms with E-state index in [0.29, 0.717) is 0 Å². The molecular formula is C19H24BN3O2. The van der Waals surface area contributed by atoms with Gasteiger partial charge in [0.05, 0.1) is 22.9 Å². The van der Waals surface area contributed by atoms with Gasteiger partial charge in [0.15, 0.2) is 0 Å². The van der Waals surface area contributed by atoms with E-state index in [1.54, 1.807) is 0 Å². The molecule has 2 aliphatic rings. The summed E-state index contributed by atoms with van der Waals surface area (Å²) < 4.78 is 12.2. The summed E-state index contributed by atoms with van der Waals surface area (Å²) >= 11 is 0. The van der Waals surface area contributed by atoms with Crippen molar-refractivity contribution in [3.8, 4) is 11.3 Å². The number of nitrogens with one attached hydrogen (secondary N) is 2. The Morgan fingerprint density at radius 3 is 2.36 bits per heavy atom. The van der Waals surface area contributed by atoms with Crippen molar-refractivity contribution in [2.24, 2.45) is 0 Å². The highest BCUT2D eigenvalue weighted by Gasteiger charge is 2.51. The molecule has 4 rings (SSSR count). The quantitative estimate of drug-likeness (QED) is 0.668. The van der Waals surface area contributed by atoms with Crippen LogP contribution in [0.25, 0.3) is 11.3 Å². The van der Waals surface area contributed by atoms with Crippen molar-refractivity contribution < 1.29 is 9.31 Å². The smallest absolute Gasteiger partial charge is 0.399 e. The normalized spacial score (nSPS) is 24.2. The highest BCUT2D eigenvalue weighted by atomic mass is 16.7. The van der Waals surface area contributed by atoms with E-state index in [-0.39, 0.29) is 24.4 Å². The number of nitrogens with zero attached hydrogens (tertiary/aromatic N) is 1. The maximum atomic E-state index is 6.11. The van der Waals surface area contributed by atoms with Gasteiger partial charge in [-0.2, -0.15) is 0 Å². The molecule has 0 bridgehead atoms. The average molecular weight is 337 g/mol. The molecule has 0 spiro atoms. The van der Waals surface area contributed by atoms with E-state index in [9.17, 15) is 0 Å². The summed E-state index contributed by atoms with van der Waals surface area (Å²) in [6, 6.07) is 8.42. The topological polar surface area (TPSA) is 59.2 Å². The molecule has 1 fully saturated rings. The van der Waals surface area contributed by atoms with Gasteiger partial charge < -0.3 is 19.6 Å². The summed E-state index contributed by atoms with van der Waals surface area (Å²) in [7, 11) is -0.332. The lowest BCUT2D eigenvalue weighted by molar-refractivity contribution is 0.00578. The van der Waals surface area contributed by atoms with E-state index in [2.05, 4.69) is 74.4 Å². The number of hydrogen-bond donors (Lipinski definition) is 2. The fraction of sp³-hybridized carbons (Fsp3) is 0.421. The molecule has 1 aromatic heterocycles. The zero-order chi connectivity index (χ0) is 17.7. The number of imidazole rings is 1. The highest BCUT2D eigenvalue weighted by molar-refractivity contribution is 6.62. The van der Waals surface area contributed by atoms with Gasteiger partial charge >= 0.3 is 7.12 Å². The molecule has 3 heterocycles. The Bertz CT molecular complexity index is 779. The van der Waals surface area contributed by atoms with Crippen molar-refractivity contribution in [2.45, 2.75) is 44.9 Å². The van der Waals surface area contributed by atoms with Gasteiger partial charge in [-0.3, -0.25) is 0 Å². The minimum atomic E-state index is -0.332. The summed E-state index contributed by atoms with van der Waals surface area (Å²) in [6.07, 6.45) is 6.20. The van der Waals surface area contributed by atoms with Crippen LogP contribution in [0, 0.1) is 0 Å². The molecule has 0 aliphatic carbocycles. The molecule has 1 saturated heterocycles. The highest BCUT2D eigenvalue weighted by Crippen LogP contribution is 2.36. The molecular weight excluding hydrogens is 313 g/mol. The molecule has 130 valence electrons. The van der Waals surface area contributed by atoms with E-state index in [4.69, 9.17) is 14.3 Å². The third kappa shape index (κ3) is 2.95. The zero-order valence-corrected chi connectivity index (χ0v) is 15.2. The van der Waals surface area contributed by atoms with Crippen LogP contribution in [0.15, 0.2) is 42.6 Å². The summed E-state index contributed by atoms with van der Waals surface area (Å²) in [4.78, 5) is 7.97. The van der Waals surface area contributed by atoms with E-state index in [1.165, 1.54) is 0 Å². The summed E-state index contributed by atoms with van der Waals surface area (Å²) in [6.45, 7) is 9.16. The third-order valence-corrected chi connectivity index (χ3v) is 5.41. The molecule has 2 N–H and O–H groups in total. The standard InChI is InChI=1S/C19H24BN3O2/c1-18(2)19(3,4)25-20(24-18)14-9-7-13(8-10-14)16-12-22-17(23-16)15-6-5-11-21-15/h5-10,12,15,21H,11H2,1-4H3,(H,22,23). The lowest BCUT2D eigenvalue weighted by Crippen LogP contribution is -2.41. The first-order valence-corrected chi connectivity index (χ1v) is 8.77. The van der Waals surface area contributed by atoms with Gasteiger partial charge in [-0.05, 0) is 33.2 Å². The maximum Gasteiger partial charge on any atom is 0.494 e. The number of rotatable bonds is 3. The molecule has 1 atom stereocenters. The minimum Gasteiger partial charge on any atom is -0.399 e. The van der Waals surface area contributed by atoms with Crippen molar-refractivity contribution in [3.05, 3.63) is 48.4 Å². The Kier molecular flexibility index (Phi) is 3.87. The Labute approximate surface area is 149 Å². The SMILES string of the molecule is CC1(C)OB(c2ccc(-c3c[nH]c(C4C=CCN4)n3)cc2)OC1(C)C. The van der Waals surface area contributed by atoms with Crippen LogP contribution in [-0.4, -0.2) is 34.8 Å². The van der Waals surface area contributed by atoms with Crippen molar-refractivity contribution in [2.75, 3.05) is 6.54 Å². The minimum absolute atomic E-state index is 0.178. The molecule has 0 saturated carbocycles. The molecule has 0 amide bonds. The second kappa shape index (κ2) is 5.83. The molecule has 0 radical (unpaired) electrons. The first-order chi connectivity index (χ1) is 11.9. The van der Waals surface area contributed by atoms with E-state index >= 15 is 0 Å². The average Bonchev–Trinajstić information content (AvgIpc) is 3.28. The molecule has 5 nitrogen and oxygen atoms in total. The predicted octanol–water partition coefficient (Wildman–Crippen LogP) is 2.58. The van der Waals surface area contributed by atoms with Gasteiger partial charge in [0, 0.05) is 18.3 Å². The number of hydrogen-bond acceptors (Lipinski definition) is 4. The summed E-state index contributed by atoms with van der Waals surface area (Å²) in [5, 5.41) is 3.36. The zero-order valence-electron chi connectivity index (χ0n) is 15.2. The Morgan fingerprint density at radius 2 is 1.76 bits per heavy atom. The summed E-state index contributed by atoms with van der Waals surface area (Å²) in [5.74, 6) is 0.943. The van der Waals surface area contributed by atoms with Crippen LogP contribution in [0.1, 0.15) is 39.6 Å². The number of aromatic nitrogens is 2. The van der Waals surface area contributed by atoms with Crippen LogP contribution in [0.2, 0.25) is 0 Å². The Balaban J connectivity index is 1.52. The molecule has 6 heteroatoms. The lowest BCUT2D eigenvalue weighted by atomic mass is 9.79. The molecule has 25 heavy (non-hydrogen) atoms. The summed E-state index contributed by atoms with van der Waals surface area (Å²) in [5.41, 5.74) is 2.39. The fourth-order valence-electron chi connectivity index (χ4n) is 3.09. The van der Waals surface area contributed by atoms with Crippen molar-refractivity contribution in [1.82, 2.24) is 15.3 Å². The third-order valence-electron chi connectivity index (χ3n) is 5.41. The van der Waals surface area contributed by atoms with E-state index in [1.807, 2.05) is 6.20 Å². The van der Waals surface area contributed by atoms with E-state index < -0.39 is 0 Å². The van der Waals surface area contributed by atoms with Gasteiger partial charge in [0.2, 0.25) is 0 Å². The molecule has 1 aromatic carbocycles. The van der Waals surface area contributed by atoms with Crippen LogP contribution < -0.4 is 10.8 Å². The van der Waals surface area contributed by atoms with Gasteiger partial charge in [-0.25, -0.2) is 4.98 Å². The number of aromatic amines is 1. The van der Waals surface area contributed by atoms with Gasteiger partial charge in [-0.1, -0.05) is 36.4 Å². The van der Waals surface area contributed by atoms with Crippen LogP contribution in [0.3, 0.4) is 0 Å². The lowest BCUT2D eigenvalue weighted by Gasteiger charge is -2.32. The van der Waals surface area contributed by atoms with Crippen LogP contribution in [0.4, 0.5) is 0 Å². The van der Waals surface area contributed by atoms with Crippen molar-refractivity contribution in [1.29, 1.82) is 0 Å². The van der Waals surface area contributed by atoms with Gasteiger partial charge in [0.1, 0.15) is 5.82 Å². The van der Waals surface area contributed by atoms with Crippen molar-refractivity contribution >= 4 is 12.6 Å². The van der Waals surface area contributed by atoms with Gasteiger partial charge in [-0.15, -0.1) is 0 Å². The van der Waals surface area contributed by atoms with Gasteiger partial charge in [0.25, 0.3) is 0 Å². The Hall–Kier alpha value is -1.89. The monoisotopic (exact) mass is 337 g/mol. The second-order valence-electron chi connectivity index (χ2n) is 7.70. The first kappa shape index (κ1) is 16.6.